The number of nitrogens with zero attached hydrogens (tertiary/aromatic N) is 2. The van der Waals surface area contributed by atoms with Gasteiger partial charge < -0.3 is 9.55 Å². The van der Waals surface area contributed by atoms with E-state index in [-0.39, 0.29) is 5.56 Å². The fourth-order valence-corrected chi connectivity index (χ4v) is 4.22. The molecule has 2 heterocycles. The van der Waals surface area contributed by atoms with E-state index in [0.29, 0.717) is 10.2 Å². The Balaban J connectivity index is 1.87. The van der Waals surface area contributed by atoms with Gasteiger partial charge in [-0.3, -0.25) is 9.36 Å². The van der Waals surface area contributed by atoms with Gasteiger partial charge in [-0.1, -0.05) is 30.3 Å². The quantitative estimate of drug-likeness (QED) is 0.435. The minimum Gasteiger partial charge on any atom is -0.341 e. The number of rotatable bonds is 2. The second kappa shape index (κ2) is 5.93. The molecule has 0 aliphatic heterocycles. The summed E-state index contributed by atoms with van der Waals surface area (Å²) >= 11 is 5.50. The Morgan fingerprint density at radius 2 is 1.59 bits per heavy atom. The number of hydrogen-bond acceptors (Lipinski definition) is 2. The maximum Gasteiger partial charge on any atom is 0.266 e. The van der Waals surface area contributed by atoms with Crippen LogP contribution in [-0.4, -0.2) is 14.1 Å². The maximum absolute atomic E-state index is 13.1. The topological polar surface area (TPSA) is 42.7 Å². The van der Waals surface area contributed by atoms with Crippen LogP contribution in [0.4, 0.5) is 0 Å². The predicted molar refractivity (Wildman–Crippen MR) is 113 cm³/mol. The fourth-order valence-electron chi connectivity index (χ4n) is 3.92. The summed E-state index contributed by atoms with van der Waals surface area (Å²) in [6.07, 6.45) is 0. The van der Waals surface area contributed by atoms with Gasteiger partial charge in [0.1, 0.15) is 0 Å². The largest absolute Gasteiger partial charge is 0.341 e. The number of para-hydroxylation sites is 2. The van der Waals surface area contributed by atoms with Gasteiger partial charge in [0.05, 0.1) is 16.6 Å². The lowest BCUT2D eigenvalue weighted by Crippen LogP contribution is -2.20. The first-order valence-electron chi connectivity index (χ1n) is 8.94. The van der Waals surface area contributed by atoms with E-state index in [9.17, 15) is 4.79 Å². The molecule has 27 heavy (non-hydrogen) atoms. The minimum atomic E-state index is -0.104. The molecule has 0 amide bonds. The van der Waals surface area contributed by atoms with Crippen LogP contribution in [0.1, 0.15) is 6.92 Å². The molecule has 2 aromatic heterocycles. The molecule has 132 valence electrons. The van der Waals surface area contributed by atoms with Gasteiger partial charge in [0, 0.05) is 28.4 Å². The third-order valence-corrected chi connectivity index (χ3v) is 5.42. The van der Waals surface area contributed by atoms with Gasteiger partial charge in [0.25, 0.3) is 5.56 Å². The first kappa shape index (κ1) is 16.0. The molecule has 3 aromatic carbocycles. The summed E-state index contributed by atoms with van der Waals surface area (Å²) in [7, 11) is 0. The molecule has 0 unspecified atom stereocenters. The highest BCUT2D eigenvalue weighted by Gasteiger charge is 2.12. The van der Waals surface area contributed by atoms with Crippen molar-refractivity contribution in [1.82, 2.24) is 14.1 Å². The molecule has 0 bridgehead atoms. The Kier molecular flexibility index (Phi) is 3.52. The zero-order valence-corrected chi connectivity index (χ0v) is 15.6. The van der Waals surface area contributed by atoms with Crippen LogP contribution >= 0.6 is 12.2 Å². The summed E-state index contributed by atoms with van der Waals surface area (Å²) in [4.78, 5) is 16.3. The van der Waals surface area contributed by atoms with E-state index in [4.69, 9.17) is 12.2 Å². The highest BCUT2D eigenvalue weighted by Crippen LogP contribution is 2.30. The van der Waals surface area contributed by atoms with Gasteiger partial charge in [-0.2, -0.15) is 0 Å². The molecule has 1 N–H and O–H groups in total. The Bertz CT molecular complexity index is 1460. The standard InChI is InChI=1S/C22H17N3OS/c1-2-24-19-10-6-4-7-15(19)17-13-14(11-12-20(17)24)25-21(26)16-8-3-5-9-18(16)23-22(25)27/h3-13H,2H2,1H3,(H,23,27). The molecule has 5 rings (SSSR count). The van der Waals surface area contributed by atoms with Gasteiger partial charge >= 0.3 is 0 Å². The van der Waals surface area contributed by atoms with E-state index in [1.807, 2.05) is 36.4 Å². The third-order valence-electron chi connectivity index (χ3n) is 5.14. The van der Waals surface area contributed by atoms with Crippen molar-refractivity contribution < 1.29 is 0 Å². The van der Waals surface area contributed by atoms with Crippen LogP contribution in [-0.2, 0) is 6.54 Å². The molecular weight excluding hydrogens is 354 g/mol. The van der Waals surface area contributed by atoms with Crippen LogP contribution in [0.15, 0.2) is 71.5 Å². The van der Waals surface area contributed by atoms with E-state index < -0.39 is 0 Å². The molecule has 0 fully saturated rings. The molecule has 5 aromatic rings. The Labute approximate surface area is 160 Å². The summed E-state index contributed by atoms with van der Waals surface area (Å²) in [6, 6.07) is 21.9. The maximum atomic E-state index is 13.1. The molecule has 0 radical (unpaired) electrons. The van der Waals surface area contributed by atoms with E-state index in [0.717, 1.165) is 28.7 Å². The van der Waals surface area contributed by atoms with Crippen LogP contribution in [0, 0.1) is 4.77 Å². The molecule has 0 aliphatic rings. The number of hydrogen-bond donors (Lipinski definition) is 1. The smallest absolute Gasteiger partial charge is 0.266 e. The van der Waals surface area contributed by atoms with Crippen LogP contribution in [0.2, 0.25) is 0 Å². The lowest BCUT2D eigenvalue weighted by Gasteiger charge is -2.09. The third kappa shape index (κ3) is 2.28. The van der Waals surface area contributed by atoms with Crippen molar-refractivity contribution in [3.05, 3.63) is 81.9 Å². The second-order valence-electron chi connectivity index (χ2n) is 6.58. The van der Waals surface area contributed by atoms with Crippen molar-refractivity contribution in [2.24, 2.45) is 0 Å². The normalized spacial score (nSPS) is 11.6. The minimum absolute atomic E-state index is 0.104. The number of aromatic amines is 1. The van der Waals surface area contributed by atoms with E-state index in [2.05, 4.69) is 46.8 Å². The number of aryl methyl sites for hydroxylation is 1. The van der Waals surface area contributed by atoms with Crippen molar-refractivity contribution in [1.29, 1.82) is 0 Å². The Morgan fingerprint density at radius 3 is 2.41 bits per heavy atom. The SMILES string of the molecule is CCn1c2ccccc2c2cc(-n3c(=S)[nH]c4ccccc4c3=O)ccc21. The van der Waals surface area contributed by atoms with E-state index >= 15 is 0 Å². The van der Waals surface area contributed by atoms with Gasteiger partial charge in [0.2, 0.25) is 0 Å². The predicted octanol–water partition coefficient (Wildman–Crippen LogP) is 5.18. The molecule has 0 atom stereocenters. The molecule has 0 spiro atoms. The first-order valence-corrected chi connectivity index (χ1v) is 9.35. The van der Waals surface area contributed by atoms with Crippen LogP contribution in [0.3, 0.4) is 0 Å². The van der Waals surface area contributed by atoms with E-state index in [1.165, 1.54) is 10.9 Å². The Morgan fingerprint density at radius 1 is 0.889 bits per heavy atom. The molecular formula is C22H17N3OS. The summed E-state index contributed by atoms with van der Waals surface area (Å²) in [5.41, 5.74) is 3.79. The number of H-pyrrole nitrogens is 1. The van der Waals surface area contributed by atoms with Crippen molar-refractivity contribution in [3.63, 3.8) is 0 Å². The Hall–Kier alpha value is -3.18. The van der Waals surface area contributed by atoms with Crippen LogP contribution < -0.4 is 5.56 Å². The summed E-state index contributed by atoms with van der Waals surface area (Å²) in [6.45, 7) is 3.03. The zero-order chi connectivity index (χ0) is 18.5. The van der Waals surface area contributed by atoms with Crippen molar-refractivity contribution >= 4 is 44.9 Å². The van der Waals surface area contributed by atoms with Gasteiger partial charge in [-0.15, -0.1) is 0 Å². The lowest BCUT2D eigenvalue weighted by molar-refractivity contribution is 0.827. The average molecular weight is 371 g/mol. The molecule has 0 aliphatic carbocycles. The van der Waals surface area contributed by atoms with Gasteiger partial charge in [-0.25, -0.2) is 0 Å². The van der Waals surface area contributed by atoms with Gasteiger partial charge in [0.15, 0.2) is 4.77 Å². The van der Waals surface area contributed by atoms with Crippen LogP contribution in [0.5, 0.6) is 0 Å². The summed E-state index contributed by atoms with van der Waals surface area (Å²) < 4.78 is 4.27. The van der Waals surface area contributed by atoms with Gasteiger partial charge in [-0.05, 0) is 55.5 Å². The number of aromatic nitrogens is 3. The fraction of sp³-hybridized carbons (Fsp3) is 0.0909. The zero-order valence-electron chi connectivity index (χ0n) is 14.8. The van der Waals surface area contributed by atoms with Crippen LogP contribution in [0.25, 0.3) is 38.4 Å². The highest BCUT2D eigenvalue weighted by atomic mass is 32.1. The second-order valence-corrected chi connectivity index (χ2v) is 6.97. The summed E-state index contributed by atoms with van der Waals surface area (Å²) in [5.74, 6) is 0. The molecule has 0 saturated heterocycles. The molecule has 0 saturated carbocycles. The van der Waals surface area contributed by atoms with Crippen molar-refractivity contribution in [3.8, 4) is 5.69 Å². The number of benzene rings is 3. The average Bonchev–Trinajstić information content (AvgIpc) is 3.01. The highest BCUT2D eigenvalue weighted by molar-refractivity contribution is 7.71. The number of fused-ring (bicyclic) bond motifs is 4. The van der Waals surface area contributed by atoms with Crippen molar-refractivity contribution in [2.45, 2.75) is 13.5 Å². The first-order chi connectivity index (χ1) is 13.2. The molecule has 4 nitrogen and oxygen atoms in total. The number of nitrogens with one attached hydrogen (secondary N) is 1. The molecule has 5 heteroatoms. The summed E-state index contributed by atoms with van der Waals surface area (Å²) in [5, 5.41) is 2.93. The lowest BCUT2D eigenvalue weighted by atomic mass is 10.1. The van der Waals surface area contributed by atoms with Crippen molar-refractivity contribution in [2.75, 3.05) is 0 Å². The van der Waals surface area contributed by atoms with E-state index in [1.54, 1.807) is 4.57 Å². The monoisotopic (exact) mass is 371 g/mol.